The number of likely N-dealkylation sites (N-methyl/N-ethyl adjacent to an activating group) is 1. The average Bonchev–Trinajstić information content (AvgIpc) is 2.59. The van der Waals surface area contributed by atoms with E-state index in [1.54, 1.807) is 0 Å². The normalized spacial score (nSPS) is 16.9. The van der Waals surface area contributed by atoms with Gasteiger partial charge in [-0.05, 0) is 24.7 Å². The van der Waals surface area contributed by atoms with Crippen LogP contribution in [0.3, 0.4) is 0 Å². The fraction of sp³-hybridized carbons (Fsp3) is 0.417. The molecule has 3 heterocycles. The number of fused-ring (bicyclic) bond motifs is 1. The first-order valence-electron chi connectivity index (χ1n) is 5.66. The summed E-state index contributed by atoms with van der Waals surface area (Å²) >= 11 is 0. The molecule has 3 rings (SSSR count). The maximum absolute atomic E-state index is 4.30. The molecule has 0 bridgehead atoms. The van der Waals surface area contributed by atoms with Crippen molar-refractivity contribution in [3.05, 3.63) is 30.1 Å². The van der Waals surface area contributed by atoms with E-state index in [1.807, 2.05) is 12.3 Å². The van der Waals surface area contributed by atoms with E-state index in [9.17, 15) is 0 Å². The maximum atomic E-state index is 4.30. The largest absolute Gasteiger partial charge is 0.346 e. The van der Waals surface area contributed by atoms with E-state index >= 15 is 0 Å². The fourth-order valence-corrected chi connectivity index (χ4v) is 2.13. The third-order valence-corrected chi connectivity index (χ3v) is 3.34. The molecule has 1 fully saturated rings. The Labute approximate surface area is 94.7 Å². The minimum Gasteiger partial charge on any atom is -0.346 e. The average molecular weight is 216 g/mol. The molecule has 84 valence electrons. The van der Waals surface area contributed by atoms with Crippen LogP contribution in [0.15, 0.2) is 24.5 Å². The monoisotopic (exact) mass is 216 g/mol. The predicted molar refractivity (Wildman–Crippen MR) is 64.2 cm³/mol. The van der Waals surface area contributed by atoms with Crippen molar-refractivity contribution in [2.75, 3.05) is 20.1 Å². The Morgan fingerprint density at radius 2 is 2.38 bits per heavy atom. The number of nitrogens with zero attached hydrogens (tertiary/aromatic N) is 2. The first kappa shape index (κ1) is 9.81. The Morgan fingerprint density at radius 1 is 1.50 bits per heavy atom. The van der Waals surface area contributed by atoms with Gasteiger partial charge in [0, 0.05) is 43.5 Å². The number of aromatic amines is 1. The molecule has 0 saturated carbocycles. The molecule has 1 aliphatic heterocycles. The van der Waals surface area contributed by atoms with Crippen LogP contribution in [-0.2, 0) is 6.54 Å². The highest BCUT2D eigenvalue weighted by Gasteiger charge is 2.21. The number of rotatable bonds is 3. The molecule has 2 aromatic rings. The molecule has 1 saturated heterocycles. The molecule has 2 N–H and O–H groups in total. The van der Waals surface area contributed by atoms with E-state index < -0.39 is 0 Å². The molecule has 1 aliphatic rings. The van der Waals surface area contributed by atoms with Crippen molar-refractivity contribution in [2.45, 2.75) is 12.6 Å². The summed E-state index contributed by atoms with van der Waals surface area (Å²) in [6.07, 6.45) is 3.89. The minimum absolute atomic E-state index is 0.682. The van der Waals surface area contributed by atoms with E-state index in [2.05, 4.69) is 39.5 Å². The quantitative estimate of drug-likeness (QED) is 0.803. The van der Waals surface area contributed by atoms with Crippen LogP contribution in [0.1, 0.15) is 5.56 Å². The lowest BCUT2D eigenvalue weighted by Gasteiger charge is -2.35. The first-order valence-corrected chi connectivity index (χ1v) is 5.66. The van der Waals surface area contributed by atoms with E-state index in [0.29, 0.717) is 6.04 Å². The van der Waals surface area contributed by atoms with Crippen LogP contribution in [0.4, 0.5) is 0 Å². The van der Waals surface area contributed by atoms with Gasteiger partial charge in [-0.3, -0.25) is 4.90 Å². The number of nitrogens with one attached hydrogen (secondary N) is 2. The molecular formula is C12H16N4. The van der Waals surface area contributed by atoms with Gasteiger partial charge in [0.15, 0.2) is 0 Å². The van der Waals surface area contributed by atoms with Crippen molar-refractivity contribution < 1.29 is 0 Å². The molecule has 0 unspecified atom stereocenters. The molecule has 0 atom stereocenters. The topological polar surface area (TPSA) is 44.0 Å². The third kappa shape index (κ3) is 1.60. The van der Waals surface area contributed by atoms with Crippen molar-refractivity contribution in [2.24, 2.45) is 0 Å². The van der Waals surface area contributed by atoms with Crippen LogP contribution in [0.2, 0.25) is 0 Å². The molecule has 4 heteroatoms. The summed E-state index contributed by atoms with van der Waals surface area (Å²) in [4.78, 5) is 9.91. The van der Waals surface area contributed by atoms with Gasteiger partial charge in [-0.15, -0.1) is 0 Å². The standard InChI is InChI=1S/C12H16N4/c1-16(10-6-13-7-10)8-9-5-15-12-11(9)3-2-4-14-12/h2-5,10,13H,6-8H2,1H3,(H,14,15). The van der Waals surface area contributed by atoms with Gasteiger partial charge in [-0.1, -0.05) is 0 Å². The van der Waals surface area contributed by atoms with Crippen LogP contribution in [0.25, 0.3) is 11.0 Å². The summed E-state index contributed by atoms with van der Waals surface area (Å²) < 4.78 is 0. The molecule has 0 amide bonds. The summed E-state index contributed by atoms with van der Waals surface area (Å²) in [5, 5.41) is 4.53. The Morgan fingerprint density at radius 3 is 3.12 bits per heavy atom. The zero-order valence-electron chi connectivity index (χ0n) is 9.40. The summed E-state index contributed by atoms with van der Waals surface area (Å²) in [5.41, 5.74) is 2.31. The van der Waals surface area contributed by atoms with Crippen molar-refractivity contribution >= 4 is 11.0 Å². The Kier molecular flexibility index (Phi) is 2.38. The van der Waals surface area contributed by atoms with Gasteiger partial charge in [0.05, 0.1) is 0 Å². The summed E-state index contributed by atoms with van der Waals surface area (Å²) in [6.45, 7) is 3.20. The zero-order valence-corrected chi connectivity index (χ0v) is 9.40. The number of pyridine rings is 1. The van der Waals surface area contributed by atoms with Crippen LogP contribution in [-0.4, -0.2) is 41.0 Å². The summed E-state index contributed by atoms with van der Waals surface area (Å²) in [6, 6.07) is 4.80. The molecule has 4 nitrogen and oxygen atoms in total. The van der Waals surface area contributed by atoms with Gasteiger partial charge in [-0.2, -0.15) is 0 Å². The second kappa shape index (κ2) is 3.88. The number of H-pyrrole nitrogens is 1. The highest BCUT2D eigenvalue weighted by Crippen LogP contribution is 2.18. The van der Waals surface area contributed by atoms with Gasteiger partial charge in [0.1, 0.15) is 5.65 Å². The number of hydrogen-bond acceptors (Lipinski definition) is 3. The van der Waals surface area contributed by atoms with Crippen molar-refractivity contribution in [1.82, 2.24) is 20.2 Å². The number of hydrogen-bond donors (Lipinski definition) is 2. The van der Waals surface area contributed by atoms with Gasteiger partial charge in [0.25, 0.3) is 0 Å². The van der Waals surface area contributed by atoms with Crippen LogP contribution >= 0.6 is 0 Å². The molecule has 16 heavy (non-hydrogen) atoms. The second-order valence-corrected chi connectivity index (χ2v) is 4.44. The van der Waals surface area contributed by atoms with Gasteiger partial charge in [-0.25, -0.2) is 4.98 Å². The predicted octanol–water partition coefficient (Wildman–Crippen LogP) is 0.966. The first-order chi connectivity index (χ1) is 7.84. The Bertz CT molecular complexity index is 486. The van der Waals surface area contributed by atoms with Crippen molar-refractivity contribution in [1.29, 1.82) is 0 Å². The molecule has 0 radical (unpaired) electrons. The fourth-order valence-electron chi connectivity index (χ4n) is 2.13. The maximum Gasteiger partial charge on any atom is 0.137 e. The highest BCUT2D eigenvalue weighted by molar-refractivity contribution is 5.79. The van der Waals surface area contributed by atoms with Crippen LogP contribution in [0.5, 0.6) is 0 Å². The van der Waals surface area contributed by atoms with Gasteiger partial charge < -0.3 is 10.3 Å². The van der Waals surface area contributed by atoms with E-state index in [1.165, 1.54) is 10.9 Å². The van der Waals surface area contributed by atoms with E-state index in [4.69, 9.17) is 0 Å². The summed E-state index contributed by atoms with van der Waals surface area (Å²) in [5.74, 6) is 0. The number of aromatic nitrogens is 2. The SMILES string of the molecule is CN(Cc1c[nH]c2ncccc12)C1CNC1. The highest BCUT2D eigenvalue weighted by atomic mass is 15.2. The molecule has 0 aliphatic carbocycles. The third-order valence-electron chi connectivity index (χ3n) is 3.34. The van der Waals surface area contributed by atoms with Gasteiger partial charge in [0.2, 0.25) is 0 Å². The smallest absolute Gasteiger partial charge is 0.137 e. The zero-order chi connectivity index (χ0) is 11.0. The Balaban J connectivity index is 1.83. The molecule has 2 aromatic heterocycles. The molecule has 0 aromatic carbocycles. The van der Waals surface area contributed by atoms with E-state index in [-0.39, 0.29) is 0 Å². The lowest BCUT2D eigenvalue weighted by molar-refractivity contribution is 0.173. The Hall–Kier alpha value is -1.39. The molecular weight excluding hydrogens is 200 g/mol. The minimum atomic E-state index is 0.682. The van der Waals surface area contributed by atoms with Gasteiger partial charge >= 0.3 is 0 Å². The van der Waals surface area contributed by atoms with E-state index in [0.717, 1.165) is 25.3 Å². The molecule has 0 spiro atoms. The van der Waals surface area contributed by atoms with Crippen molar-refractivity contribution in [3.63, 3.8) is 0 Å². The lowest BCUT2D eigenvalue weighted by atomic mass is 10.1. The second-order valence-electron chi connectivity index (χ2n) is 4.44. The van der Waals surface area contributed by atoms with Crippen LogP contribution < -0.4 is 5.32 Å². The summed E-state index contributed by atoms with van der Waals surface area (Å²) in [7, 11) is 2.18. The van der Waals surface area contributed by atoms with Crippen molar-refractivity contribution in [3.8, 4) is 0 Å². The lowest BCUT2D eigenvalue weighted by Crippen LogP contribution is -2.55. The van der Waals surface area contributed by atoms with Crippen LogP contribution in [0, 0.1) is 0 Å².